The molecule has 23 heavy (non-hydrogen) atoms. The Kier molecular flexibility index (Phi) is 10.2. The summed E-state index contributed by atoms with van der Waals surface area (Å²) in [5, 5.41) is 0. The topological polar surface area (TPSA) is 43.4 Å². The van der Waals surface area contributed by atoms with Crippen molar-refractivity contribution in [2.24, 2.45) is 0 Å². The van der Waals surface area contributed by atoms with Crippen molar-refractivity contribution in [3.05, 3.63) is 29.8 Å². The molecule has 1 aromatic rings. The van der Waals surface area contributed by atoms with Gasteiger partial charge in [0.15, 0.2) is 0 Å². The fraction of sp³-hybridized carbons (Fsp3) is 0.684. The van der Waals surface area contributed by atoms with E-state index < -0.39 is 10.1 Å². The van der Waals surface area contributed by atoms with Gasteiger partial charge >= 0.3 is 0 Å². The lowest BCUT2D eigenvalue weighted by atomic mass is 10.1. The van der Waals surface area contributed by atoms with Crippen LogP contribution < -0.4 is 0 Å². The second-order valence-corrected chi connectivity index (χ2v) is 7.81. The summed E-state index contributed by atoms with van der Waals surface area (Å²) in [6, 6.07) is 6.94. The van der Waals surface area contributed by atoms with Gasteiger partial charge in [-0.2, -0.15) is 8.42 Å². The Balaban J connectivity index is 2.08. The maximum absolute atomic E-state index is 12.1. The molecule has 0 heterocycles. The highest BCUT2D eigenvalue weighted by Gasteiger charge is 2.16. The molecule has 0 aliphatic rings. The Morgan fingerprint density at radius 1 is 0.826 bits per heavy atom. The van der Waals surface area contributed by atoms with E-state index in [-0.39, 0.29) is 11.5 Å². The molecule has 0 amide bonds. The molecule has 0 radical (unpaired) electrons. The first-order chi connectivity index (χ1) is 11.1. The highest BCUT2D eigenvalue weighted by atomic mass is 32.2. The fourth-order valence-electron chi connectivity index (χ4n) is 2.66. The normalized spacial score (nSPS) is 11.7. The summed E-state index contributed by atoms with van der Waals surface area (Å²) in [7, 11) is -3.60. The third-order valence-corrected chi connectivity index (χ3v) is 5.57. The lowest BCUT2D eigenvalue weighted by Gasteiger charge is -2.08. The van der Waals surface area contributed by atoms with Crippen LogP contribution in [0.4, 0.5) is 0 Å². The molecule has 0 unspecified atom stereocenters. The second-order valence-electron chi connectivity index (χ2n) is 6.22. The van der Waals surface area contributed by atoms with Crippen LogP contribution >= 0.6 is 0 Å². The first-order valence-corrected chi connectivity index (χ1v) is 10.4. The lowest BCUT2D eigenvalue weighted by Crippen LogP contribution is -2.09. The SMILES string of the molecule is CCCCCCCCCCCCOS(=O)(=O)c1ccccc1C. The molecule has 4 heteroatoms. The van der Waals surface area contributed by atoms with Gasteiger partial charge in [-0.05, 0) is 25.0 Å². The Morgan fingerprint density at radius 3 is 1.91 bits per heavy atom. The highest BCUT2D eigenvalue weighted by Crippen LogP contribution is 2.17. The molecule has 0 saturated carbocycles. The molecule has 0 bridgehead atoms. The van der Waals surface area contributed by atoms with E-state index in [1.54, 1.807) is 25.1 Å². The summed E-state index contributed by atoms with van der Waals surface area (Å²) in [6.07, 6.45) is 12.3. The molecule has 0 atom stereocenters. The lowest BCUT2D eigenvalue weighted by molar-refractivity contribution is 0.306. The average molecular weight is 341 g/mol. The highest BCUT2D eigenvalue weighted by molar-refractivity contribution is 7.86. The van der Waals surface area contributed by atoms with Crippen LogP contribution in [0, 0.1) is 6.92 Å². The number of rotatable bonds is 13. The molecule has 0 N–H and O–H groups in total. The molecule has 0 fully saturated rings. The summed E-state index contributed by atoms with van der Waals surface area (Å²) >= 11 is 0. The van der Waals surface area contributed by atoms with Gasteiger partial charge in [-0.3, -0.25) is 4.18 Å². The van der Waals surface area contributed by atoms with Crippen LogP contribution in [0.15, 0.2) is 29.2 Å². The summed E-state index contributed by atoms with van der Waals surface area (Å²) < 4.78 is 29.3. The Labute approximate surface area is 142 Å². The standard InChI is InChI=1S/C19H32O3S/c1-3-4-5-6-7-8-9-10-11-14-17-22-23(20,21)19-16-13-12-15-18(19)2/h12-13,15-16H,3-11,14,17H2,1-2H3. The molecule has 0 spiro atoms. The molecule has 0 aliphatic carbocycles. The van der Waals surface area contributed by atoms with Gasteiger partial charge < -0.3 is 0 Å². The molecule has 0 aliphatic heterocycles. The summed E-state index contributed by atoms with van der Waals surface area (Å²) in [5.41, 5.74) is 0.732. The quantitative estimate of drug-likeness (QED) is 0.346. The Hall–Kier alpha value is -0.870. The van der Waals surface area contributed by atoms with Crippen molar-refractivity contribution in [1.82, 2.24) is 0 Å². The van der Waals surface area contributed by atoms with E-state index in [0.29, 0.717) is 0 Å². The molecular weight excluding hydrogens is 308 g/mol. The van der Waals surface area contributed by atoms with Crippen molar-refractivity contribution in [1.29, 1.82) is 0 Å². The molecule has 0 aromatic heterocycles. The van der Waals surface area contributed by atoms with Crippen LogP contribution in [0.25, 0.3) is 0 Å². The number of benzene rings is 1. The van der Waals surface area contributed by atoms with Gasteiger partial charge in [0.1, 0.15) is 0 Å². The van der Waals surface area contributed by atoms with Gasteiger partial charge in [-0.25, -0.2) is 0 Å². The van der Waals surface area contributed by atoms with Crippen molar-refractivity contribution in [2.75, 3.05) is 6.61 Å². The van der Waals surface area contributed by atoms with Crippen LogP contribution in [0.1, 0.15) is 76.7 Å². The maximum Gasteiger partial charge on any atom is 0.297 e. The van der Waals surface area contributed by atoms with Crippen molar-refractivity contribution in [2.45, 2.75) is 83.0 Å². The van der Waals surface area contributed by atoms with E-state index in [2.05, 4.69) is 6.92 Å². The van der Waals surface area contributed by atoms with Gasteiger partial charge in [-0.1, -0.05) is 82.9 Å². The first kappa shape index (κ1) is 20.2. The van der Waals surface area contributed by atoms with Gasteiger partial charge in [0, 0.05) is 0 Å². The van der Waals surface area contributed by atoms with Crippen molar-refractivity contribution < 1.29 is 12.6 Å². The minimum atomic E-state index is -3.60. The van der Waals surface area contributed by atoms with Gasteiger partial charge in [0.2, 0.25) is 0 Å². The monoisotopic (exact) mass is 340 g/mol. The van der Waals surface area contributed by atoms with Crippen molar-refractivity contribution in [3.8, 4) is 0 Å². The van der Waals surface area contributed by atoms with E-state index in [9.17, 15) is 8.42 Å². The van der Waals surface area contributed by atoms with Crippen molar-refractivity contribution >= 4 is 10.1 Å². The van der Waals surface area contributed by atoms with E-state index >= 15 is 0 Å². The van der Waals surface area contributed by atoms with E-state index in [1.807, 2.05) is 6.07 Å². The Morgan fingerprint density at radius 2 is 1.35 bits per heavy atom. The molecule has 1 rings (SSSR count). The largest absolute Gasteiger partial charge is 0.297 e. The zero-order valence-electron chi connectivity index (χ0n) is 14.7. The third kappa shape index (κ3) is 8.52. The predicted octanol–water partition coefficient (Wildman–Crippen LogP) is 5.62. The number of hydrogen-bond acceptors (Lipinski definition) is 3. The minimum absolute atomic E-state index is 0.284. The van der Waals surface area contributed by atoms with Crippen LogP contribution in [-0.4, -0.2) is 15.0 Å². The van der Waals surface area contributed by atoms with Crippen LogP contribution in [0.3, 0.4) is 0 Å². The fourth-order valence-corrected chi connectivity index (χ4v) is 3.83. The molecule has 3 nitrogen and oxygen atoms in total. The third-order valence-electron chi connectivity index (χ3n) is 4.10. The smallest absolute Gasteiger partial charge is 0.266 e. The number of hydrogen-bond donors (Lipinski definition) is 0. The summed E-state index contributed by atoms with van der Waals surface area (Å²) in [4.78, 5) is 0.284. The second kappa shape index (κ2) is 11.6. The van der Waals surface area contributed by atoms with Crippen LogP contribution in [0.2, 0.25) is 0 Å². The average Bonchev–Trinajstić information content (AvgIpc) is 2.53. The van der Waals surface area contributed by atoms with Crippen molar-refractivity contribution in [3.63, 3.8) is 0 Å². The minimum Gasteiger partial charge on any atom is -0.266 e. The van der Waals surface area contributed by atoms with Crippen LogP contribution in [0.5, 0.6) is 0 Å². The Bertz CT molecular complexity index is 523. The zero-order chi connectivity index (χ0) is 17.0. The summed E-state index contributed by atoms with van der Waals surface area (Å²) in [5.74, 6) is 0. The summed E-state index contributed by atoms with van der Waals surface area (Å²) in [6.45, 7) is 4.31. The first-order valence-electron chi connectivity index (χ1n) is 9.03. The molecular formula is C19H32O3S. The zero-order valence-corrected chi connectivity index (χ0v) is 15.5. The molecule has 132 valence electrons. The van der Waals surface area contributed by atoms with Gasteiger partial charge in [0.05, 0.1) is 11.5 Å². The van der Waals surface area contributed by atoms with Gasteiger partial charge in [0.25, 0.3) is 10.1 Å². The van der Waals surface area contributed by atoms with E-state index in [4.69, 9.17) is 4.18 Å². The molecule has 1 aromatic carbocycles. The number of aryl methyl sites for hydroxylation is 1. The van der Waals surface area contributed by atoms with E-state index in [1.165, 1.54) is 51.4 Å². The number of unbranched alkanes of at least 4 members (excludes halogenated alkanes) is 9. The maximum atomic E-state index is 12.1. The van der Waals surface area contributed by atoms with Crippen LogP contribution in [-0.2, 0) is 14.3 Å². The van der Waals surface area contributed by atoms with Gasteiger partial charge in [-0.15, -0.1) is 0 Å². The molecule has 0 saturated heterocycles. The van der Waals surface area contributed by atoms with E-state index in [0.717, 1.165) is 18.4 Å². The predicted molar refractivity (Wildman–Crippen MR) is 96.2 cm³/mol.